The molecule has 3 aliphatic carbocycles. The number of fused-ring (bicyclic) bond motifs is 1. The number of unbranched alkanes of at least 4 members (excludes halogenated alkanes) is 1. The van der Waals surface area contributed by atoms with Gasteiger partial charge >= 0.3 is 0 Å². The highest BCUT2D eigenvalue weighted by Gasteiger charge is 2.50. The van der Waals surface area contributed by atoms with Gasteiger partial charge in [0.15, 0.2) is 0 Å². The highest BCUT2D eigenvalue weighted by atomic mass is 16.3. The van der Waals surface area contributed by atoms with Crippen molar-refractivity contribution in [3.63, 3.8) is 0 Å². The lowest BCUT2D eigenvalue weighted by Gasteiger charge is -2.44. The molecule has 3 rings (SSSR count). The summed E-state index contributed by atoms with van der Waals surface area (Å²) in [6.45, 7) is 13.1. The largest absolute Gasteiger partial charge is 0.393 e. The van der Waals surface area contributed by atoms with E-state index in [1.54, 1.807) is 5.57 Å². The lowest BCUT2D eigenvalue weighted by Crippen LogP contribution is -2.36. The first-order chi connectivity index (χ1) is 14.1. The highest BCUT2D eigenvalue weighted by molar-refractivity contribution is 5.36. The molecule has 0 aliphatic heterocycles. The van der Waals surface area contributed by atoms with Crippen LogP contribution in [0.4, 0.5) is 0 Å². The maximum atomic E-state index is 10.0. The quantitative estimate of drug-likeness (QED) is 0.435. The maximum absolute atomic E-state index is 10.0. The molecule has 3 fully saturated rings. The summed E-state index contributed by atoms with van der Waals surface area (Å²) in [6, 6.07) is 0. The van der Waals surface area contributed by atoms with Crippen molar-refractivity contribution in [2.45, 2.75) is 116 Å². The summed E-state index contributed by atoms with van der Waals surface area (Å²) in [6.07, 6.45) is 18.3. The fourth-order valence-electron chi connectivity index (χ4n) is 6.83. The third kappa shape index (κ3) is 5.68. The predicted octanol–water partition coefficient (Wildman–Crippen LogP) is 7.12. The first kappa shape index (κ1) is 23.8. The van der Waals surface area contributed by atoms with Crippen molar-refractivity contribution >= 4 is 0 Å². The van der Waals surface area contributed by atoms with Crippen LogP contribution in [-0.4, -0.2) is 21.9 Å². The zero-order valence-corrected chi connectivity index (χ0v) is 20.1. The van der Waals surface area contributed by atoms with Gasteiger partial charge in [-0.25, -0.2) is 0 Å². The van der Waals surface area contributed by atoms with E-state index in [4.69, 9.17) is 0 Å². The molecule has 5 atom stereocenters. The van der Waals surface area contributed by atoms with Crippen molar-refractivity contribution in [1.82, 2.24) is 0 Å². The van der Waals surface area contributed by atoms with E-state index >= 15 is 0 Å². The van der Waals surface area contributed by atoms with Gasteiger partial charge in [0.2, 0.25) is 0 Å². The smallest absolute Gasteiger partial charge is 0.0591 e. The molecule has 0 amide bonds. The van der Waals surface area contributed by atoms with Gasteiger partial charge in [-0.1, -0.05) is 63.0 Å². The molecule has 3 saturated carbocycles. The van der Waals surface area contributed by atoms with Crippen LogP contribution in [0.1, 0.15) is 105 Å². The van der Waals surface area contributed by atoms with Crippen molar-refractivity contribution in [2.24, 2.45) is 23.2 Å². The minimum absolute atomic E-state index is 0.190. The minimum Gasteiger partial charge on any atom is -0.393 e. The first-order valence-electron chi connectivity index (χ1n) is 12.6. The van der Waals surface area contributed by atoms with Crippen LogP contribution >= 0.6 is 0 Å². The van der Waals surface area contributed by atoms with Gasteiger partial charge in [0.05, 0.1) is 11.7 Å². The van der Waals surface area contributed by atoms with Gasteiger partial charge in [-0.05, 0) is 100 Å². The molecule has 0 spiro atoms. The van der Waals surface area contributed by atoms with E-state index in [1.807, 2.05) is 13.8 Å². The van der Waals surface area contributed by atoms with Gasteiger partial charge in [0.25, 0.3) is 0 Å². The number of rotatable bonds is 7. The molecule has 0 bridgehead atoms. The Bertz CT molecular complexity index is 665. The maximum Gasteiger partial charge on any atom is 0.0591 e. The fraction of sp³-hybridized carbons (Fsp3) is 0.786. The molecule has 0 aromatic rings. The number of allylic oxidation sites excluding steroid dienone is 4. The molecule has 0 heterocycles. The fourth-order valence-corrected chi connectivity index (χ4v) is 6.83. The molecule has 0 aromatic heterocycles. The van der Waals surface area contributed by atoms with Crippen LogP contribution in [0, 0.1) is 23.2 Å². The van der Waals surface area contributed by atoms with E-state index in [0.29, 0.717) is 5.41 Å². The van der Waals surface area contributed by atoms with Gasteiger partial charge < -0.3 is 10.2 Å². The van der Waals surface area contributed by atoms with Gasteiger partial charge in [-0.3, -0.25) is 0 Å². The Morgan fingerprint density at radius 3 is 2.67 bits per heavy atom. The average Bonchev–Trinajstić information content (AvgIpc) is 3.02. The zero-order chi connectivity index (χ0) is 21.9. The van der Waals surface area contributed by atoms with Crippen LogP contribution < -0.4 is 0 Å². The normalized spacial score (nSPS) is 36.3. The first-order valence-corrected chi connectivity index (χ1v) is 12.6. The highest BCUT2D eigenvalue weighted by Crippen LogP contribution is 2.59. The molecular formula is C28H46O2. The molecule has 170 valence electrons. The molecule has 0 unspecified atom stereocenters. The summed E-state index contributed by atoms with van der Waals surface area (Å²) < 4.78 is 0. The van der Waals surface area contributed by atoms with Gasteiger partial charge in [-0.15, -0.1) is 0 Å². The summed E-state index contributed by atoms with van der Waals surface area (Å²) in [5.41, 5.74) is 4.07. The van der Waals surface area contributed by atoms with Crippen LogP contribution in [0.25, 0.3) is 0 Å². The molecule has 0 radical (unpaired) electrons. The second kappa shape index (κ2) is 9.74. The van der Waals surface area contributed by atoms with Crippen molar-refractivity contribution in [3.05, 3.63) is 35.5 Å². The molecule has 0 aromatic carbocycles. The third-order valence-electron chi connectivity index (χ3n) is 8.61. The van der Waals surface area contributed by atoms with Crippen molar-refractivity contribution in [3.8, 4) is 0 Å². The van der Waals surface area contributed by atoms with Crippen LogP contribution in [0.3, 0.4) is 0 Å². The molecule has 2 N–H and O–H groups in total. The summed E-state index contributed by atoms with van der Waals surface area (Å²) in [5, 5.41) is 20.0. The van der Waals surface area contributed by atoms with E-state index in [1.165, 1.54) is 56.1 Å². The molecule has 3 aliphatic rings. The summed E-state index contributed by atoms with van der Waals surface area (Å²) >= 11 is 0. The second-order valence-corrected chi connectivity index (χ2v) is 11.6. The monoisotopic (exact) mass is 414 g/mol. The number of aliphatic hydroxyl groups excluding tert-OH is 1. The Morgan fingerprint density at radius 2 is 1.93 bits per heavy atom. The van der Waals surface area contributed by atoms with Crippen molar-refractivity contribution in [2.75, 3.05) is 0 Å². The summed E-state index contributed by atoms with van der Waals surface area (Å²) in [7, 11) is 0. The van der Waals surface area contributed by atoms with E-state index < -0.39 is 5.60 Å². The minimum atomic E-state index is -0.523. The molecule has 2 nitrogen and oxygen atoms in total. The Morgan fingerprint density at radius 1 is 1.17 bits per heavy atom. The van der Waals surface area contributed by atoms with Crippen molar-refractivity contribution in [1.29, 1.82) is 0 Å². The molecule has 0 saturated heterocycles. The third-order valence-corrected chi connectivity index (χ3v) is 8.61. The Kier molecular flexibility index (Phi) is 7.72. The molecule has 2 heteroatoms. The lowest BCUT2D eigenvalue weighted by molar-refractivity contribution is 0.0650. The molecule has 30 heavy (non-hydrogen) atoms. The second-order valence-electron chi connectivity index (χ2n) is 11.6. The van der Waals surface area contributed by atoms with Crippen LogP contribution in [0.5, 0.6) is 0 Å². The summed E-state index contributed by atoms with van der Waals surface area (Å²) in [4.78, 5) is 0. The lowest BCUT2D eigenvalue weighted by atomic mass is 9.60. The van der Waals surface area contributed by atoms with Crippen LogP contribution in [0.2, 0.25) is 0 Å². The Hall–Kier alpha value is -0.860. The van der Waals surface area contributed by atoms with Crippen LogP contribution in [0.15, 0.2) is 35.5 Å². The van der Waals surface area contributed by atoms with Gasteiger partial charge in [0.1, 0.15) is 0 Å². The van der Waals surface area contributed by atoms with E-state index in [2.05, 4.69) is 32.6 Å². The van der Waals surface area contributed by atoms with Crippen molar-refractivity contribution < 1.29 is 10.2 Å². The number of aliphatic hydroxyl groups is 2. The van der Waals surface area contributed by atoms with Gasteiger partial charge in [0, 0.05) is 0 Å². The van der Waals surface area contributed by atoms with Gasteiger partial charge in [-0.2, -0.15) is 0 Å². The topological polar surface area (TPSA) is 40.5 Å². The molecular weight excluding hydrogens is 368 g/mol. The average molecular weight is 415 g/mol. The standard InChI is InChI=1S/C28H46O2/c1-20-11-14-24(29)19-23(20)13-12-22-10-8-18-28(5)25(15-16-26(22)28)21(2)9-6-7-17-27(3,4)30/h12-13,21,24-26,29-30H,1,6-11,14-19H2,2-5H3/b22-12+,23-13+/t21-,24+,25-,26+,28-/m1/s1. The zero-order valence-electron chi connectivity index (χ0n) is 20.1. The number of hydrogen-bond acceptors (Lipinski definition) is 2. The number of hydrogen-bond donors (Lipinski definition) is 2. The SMILES string of the molecule is C=C1CC[C@H](O)C/C1=C\C=C1/CCC[C@]2(C)[C@@H]([C@H](C)CCCCC(C)(C)O)CC[C@@H]12. The predicted molar refractivity (Wildman–Crippen MR) is 127 cm³/mol. The van der Waals surface area contributed by atoms with E-state index in [0.717, 1.165) is 49.9 Å². The Balaban J connectivity index is 1.64. The van der Waals surface area contributed by atoms with E-state index in [-0.39, 0.29) is 6.10 Å². The Labute approximate surface area is 185 Å². The van der Waals surface area contributed by atoms with Crippen LogP contribution in [-0.2, 0) is 0 Å². The van der Waals surface area contributed by atoms with E-state index in [9.17, 15) is 10.2 Å². The summed E-state index contributed by atoms with van der Waals surface area (Å²) in [5.74, 6) is 2.33.